The van der Waals surface area contributed by atoms with Crippen molar-refractivity contribution < 1.29 is 18.0 Å². The summed E-state index contributed by atoms with van der Waals surface area (Å²) >= 11 is 1.53. The number of para-hydroxylation sites is 1. The molecular formula is C25H31N3O4S2. The highest BCUT2D eigenvalue weighted by Crippen LogP contribution is 2.40. The molecule has 34 heavy (non-hydrogen) atoms. The predicted molar refractivity (Wildman–Crippen MR) is 136 cm³/mol. The Morgan fingerprint density at radius 1 is 1.09 bits per heavy atom. The third-order valence-electron chi connectivity index (χ3n) is 6.31. The molecule has 1 saturated heterocycles. The Balaban J connectivity index is 1.66. The van der Waals surface area contributed by atoms with Crippen LogP contribution < -0.4 is 10.2 Å². The molecule has 1 fully saturated rings. The largest absolute Gasteiger partial charge is 0.324 e. The molecule has 0 spiro atoms. The van der Waals surface area contributed by atoms with E-state index < -0.39 is 10.0 Å². The van der Waals surface area contributed by atoms with Crippen molar-refractivity contribution in [1.29, 1.82) is 0 Å². The summed E-state index contributed by atoms with van der Waals surface area (Å²) in [6, 6.07) is 10.7. The lowest BCUT2D eigenvalue weighted by molar-refractivity contribution is -0.121. The van der Waals surface area contributed by atoms with Crippen molar-refractivity contribution in [3.05, 3.63) is 47.5 Å². The predicted octanol–water partition coefficient (Wildman–Crippen LogP) is 4.33. The second-order valence-corrected chi connectivity index (χ2v) is 12.4. The smallest absolute Gasteiger partial charge is 0.244 e. The summed E-state index contributed by atoms with van der Waals surface area (Å²) in [6.07, 6.45) is 2.99. The minimum absolute atomic E-state index is 0.0162. The fourth-order valence-corrected chi connectivity index (χ4v) is 7.11. The van der Waals surface area contributed by atoms with Crippen molar-refractivity contribution in [2.75, 3.05) is 29.9 Å². The monoisotopic (exact) mass is 501 g/mol. The number of benzene rings is 2. The second kappa shape index (κ2) is 10.1. The number of amides is 2. The van der Waals surface area contributed by atoms with Gasteiger partial charge < -0.3 is 10.2 Å². The highest BCUT2D eigenvalue weighted by molar-refractivity contribution is 8.00. The van der Waals surface area contributed by atoms with Gasteiger partial charge in [0, 0.05) is 35.3 Å². The van der Waals surface area contributed by atoms with E-state index in [1.165, 1.54) is 21.0 Å². The summed E-state index contributed by atoms with van der Waals surface area (Å²) in [5, 5.41) is 2.96. The molecule has 2 amide bonds. The number of rotatable bonds is 5. The summed E-state index contributed by atoms with van der Waals surface area (Å²) in [5.41, 5.74) is 3.10. The molecule has 2 aliphatic heterocycles. The SMILES string of the molecule is Cc1cccc(C)c1NC(=O)CN1C(=O)C[C@H](C)Sc2ccc(S(=O)(=O)N3CCCCC3)cc21. The number of aryl methyl sites for hydroxylation is 2. The van der Waals surface area contributed by atoms with Crippen LogP contribution in [0.25, 0.3) is 0 Å². The first-order valence-corrected chi connectivity index (χ1v) is 14.0. The number of sulfonamides is 1. The topological polar surface area (TPSA) is 86.8 Å². The number of carbonyl (C=O) groups is 2. The number of anilines is 2. The van der Waals surface area contributed by atoms with Gasteiger partial charge in [-0.3, -0.25) is 9.59 Å². The van der Waals surface area contributed by atoms with Crippen LogP contribution in [0.1, 0.15) is 43.7 Å². The van der Waals surface area contributed by atoms with E-state index in [1.807, 2.05) is 39.0 Å². The molecule has 1 N–H and O–H groups in total. The molecule has 9 heteroatoms. The molecule has 2 aromatic rings. The molecule has 0 saturated carbocycles. The summed E-state index contributed by atoms with van der Waals surface area (Å²) < 4.78 is 28.1. The first-order chi connectivity index (χ1) is 16.2. The van der Waals surface area contributed by atoms with Crippen LogP contribution in [0.5, 0.6) is 0 Å². The molecule has 4 rings (SSSR count). The minimum Gasteiger partial charge on any atom is -0.324 e. The first-order valence-electron chi connectivity index (χ1n) is 11.6. The molecule has 182 valence electrons. The number of thioether (sulfide) groups is 1. The Morgan fingerprint density at radius 2 is 1.76 bits per heavy atom. The summed E-state index contributed by atoms with van der Waals surface area (Å²) in [5.74, 6) is -0.511. The van der Waals surface area contributed by atoms with Crippen LogP contribution in [0.2, 0.25) is 0 Å². The van der Waals surface area contributed by atoms with Crippen molar-refractivity contribution in [2.24, 2.45) is 0 Å². The molecule has 2 heterocycles. The Morgan fingerprint density at radius 3 is 2.44 bits per heavy atom. The van der Waals surface area contributed by atoms with E-state index in [4.69, 9.17) is 0 Å². The quantitative estimate of drug-likeness (QED) is 0.659. The van der Waals surface area contributed by atoms with Crippen LogP contribution in [0.3, 0.4) is 0 Å². The Labute approximate surface area is 205 Å². The lowest BCUT2D eigenvalue weighted by Gasteiger charge is -2.27. The highest BCUT2D eigenvalue weighted by atomic mass is 32.2. The third-order valence-corrected chi connectivity index (χ3v) is 9.38. The van der Waals surface area contributed by atoms with Gasteiger partial charge in [-0.05, 0) is 56.0 Å². The zero-order chi connectivity index (χ0) is 24.5. The molecule has 7 nitrogen and oxygen atoms in total. The van der Waals surface area contributed by atoms with Gasteiger partial charge in [-0.2, -0.15) is 4.31 Å². The van der Waals surface area contributed by atoms with Gasteiger partial charge in [0.05, 0.1) is 10.6 Å². The normalized spacial score (nSPS) is 19.4. The molecule has 0 aromatic heterocycles. The molecule has 2 aromatic carbocycles. The lowest BCUT2D eigenvalue weighted by Crippen LogP contribution is -2.39. The Bertz CT molecular complexity index is 1190. The first kappa shape index (κ1) is 24.8. The fraction of sp³-hybridized carbons (Fsp3) is 0.440. The Hall–Kier alpha value is -2.36. The lowest BCUT2D eigenvalue weighted by atomic mass is 10.1. The van der Waals surface area contributed by atoms with Crippen molar-refractivity contribution in [1.82, 2.24) is 4.31 Å². The Kier molecular flexibility index (Phi) is 7.35. The number of carbonyl (C=O) groups excluding carboxylic acids is 2. The average molecular weight is 502 g/mol. The number of nitrogens with zero attached hydrogens (tertiary/aromatic N) is 2. The molecule has 2 aliphatic rings. The van der Waals surface area contributed by atoms with E-state index in [9.17, 15) is 18.0 Å². The van der Waals surface area contributed by atoms with Gasteiger partial charge in [0.1, 0.15) is 6.54 Å². The van der Waals surface area contributed by atoms with Crippen LogP contribution in [0.15, 0.2) is 46.2 Å². The molecule has 0 unspecified atom stereocenters. The van der Waals surface area contributed by atoms with E-state index in [0.29, 0.717) is 18.8 Å². The van der Waals surface area contributed by atoms with E-state index in [0.717, 1.165) is 41.0 Å². The second-order valence-electron chi connectivity index (χ2n) is 9.02. The van der Waals surface area contributed by atoms with Crippen molar-refractivity contribution in [3.63, 3.8) is 0 Å². The number of fused-ring (bicyclic) bond motifs is 1. The number of hydrogen-bond acceptors (Lipinski definition) is 5. The van der Waals surface area contributed by atoms with Crippen LogP contribution in [0, 0.1) is 13.8 Å². The number of hydrogen-bond donors (Lipinski definition) is 1. The maximum absolute atomic E-state index is 13.3. The fourth-order valence-electron chi connectivity index (χ4n) is 4.48. The molecule has 0 bridgehead atoms. The molecule has 0 radical (unpaired) electrons. The van der Waals surface area contributed by atoms with Crippen LogP contribution in [-0.2, 0) is 19.6 Å². The van der Waals surface area contributed by atoms with Gasteiger partial charge in [0.2, 0.25) is 21.8 Å². The summed E-state index contributed by atoms with van der Waals surface area (Å²) in [4.78, 5) is 28.6. The molecule has 0 aliphatic carbocycles. The van der Waals surface area contributed by atoms with Crippen molar-refractivity contribution >= 4 is 45.0 Å². The van der Waals surface area contributed by atoms with Crippen LogP contribution in [0.4, 0.5) is 11.4 Å². The minimum atomic E-state index is -3.66. The van der Waals surface area contributed by atoms with Gasteiger partial charge in [-0.1, -0.05) is 31.5 Å². The van der Waals surface area contributed by atoms with E-state index in [1.54, 1.807) is 18.2 Å². The van der Waals surface area contributed by atoms with Crippen LogP contribution in [-0.4, -0.2) is 49.4 Å². The van der Waals surface area contributed by atoms with Gasteiger partial charge in [-0.15, -0.1) is 11.8 Å². The zero-order valence-electron chi connectivity index (χ0n) is 19.8. The molecule has 1 atom stereocenters. The maximum Gasteiger partial charge on any atom is 0.244 e. The van der Waals surface area contributed by atoms with E-state index >= 15 is 0 Å². The van der Waals surface area contributed by atoms with Gasteiger partial charge in [0.25, 0.3) is 0 Å². The highest BCUT2D eigenvalue weighted by Gasteiger charge is 2.32. The van der Waals surface area contributed by atoms with E-state index in [2.05, 4.69) is 5.32 Å². The van der Waals surface area contributed by atoms with Crippen LogP contribution >= 0.6 is 11.8 Å². The average Bonchev–Trinajstić information content (AvgIpc) is 2.91. The number of nitrogens with one attached hydrogen (secondary N) is 1. The van der Waals surface area contributed by atoms with Gasteiger partial charge in [0.15, 0.2) is 0 Å². The van der Waals surface area contributed by atoms with Gasteiger partial charge >= 0.3 is 0 Å². The number of piperidine rings is 1. The van der Waals surface area contributed by atoms with E-state index in [-0.39, 0.29) is 34.9 Å². The molecular weight excluding hydrogens is 470 g/mol. The van der Waals surface area contributed by atoms with Crippen molar-refractivity contribution in [2.45, 2.75) is 61.5 Å². The third kappa shape index (κ3) is 5.16. The van der Waals surface area contributed by atoms with Gasteiger partial charge in [-0.25, -0.2) is 8.42 Å². The zero-order valence-corrected chi connectivity index (χ0v) is 21.5. The summed E-state index contributed by atoms with van der Waals surface area (Å²) in [7, 11) is -3.66. The maximum atomic E-state index is 13.3. The standard InChI is InChI=1S/C25H31N3O4S2/c1-17-8-7-9-18(2)25(17)26-23(29)16-28-21-15-20(34(31,32)27-12-5-4-6-13-27)10-11-22(21)33-19(3)14-24(28)30/h7-11,15,19H,4-6,12-14,16H2,1-3H3,(H,26,29)/t19-/m0/s1. The van der Waals surface area contributed by atoms with Crippen molar-refractivity contribution in [3.8, 4) is 0 Å². The summed E-state index contributed by atoms with van der Waals surface area (Å²) in [6.45, 7) is 6.64.